The molecule has 2 aromatic rings. The minimum absolute atomic E-state index is 0.637. The van der Waals surface area contributed by atoms with Crippen molar-refractivity contribution in [3.63, 3.8) is 0 Å². The molecule has 0 spiro atoms. The summed E-state index contributed by atoms with van der Waals surface area (Å²) in [5, 5.41) is 2.83. The maximum atomic E-state index is 10.6. The number of aldehydes is 1. The summed E-state index contributed by atoms with van der Waals surface area (Å²) in [6.45, 7) is 0. The highest BCUT2D eigenvalue weighted by Gasteiger charge is 2.05. The minimum atomic E-state index is 0.637. The predicted octanol–water partition coefficient (Wildman–Crippen LogP) is 3.06. The summed E-state index contributed by atoms with van der Waals surface area (Å²) in [5.41, 5.74) is 7.10. The van der Waals surface area contributed by atoms with Crippen LogP contribution in [0.1, 0.15) is 10.4 Å². The molecular formula is C9H6BrNOS. The molecule has 13 heavy (non-hydrogen) atoms. The minimum Gasteiger partial charge on any atom is -0.398 e. The summed E-state index contributed by atoms with van der Waals surface area (Å²) in [6.07, 6.45) is 0.820. The van der Waals surface area contributed by atoms with Gasteiger partial charge in [-0.05, 0) is 12.1 Å². The molecule has 0 aliphatic rings. The van der Waals surface area contributed by atoms with Crippen LogP contribution in [0.25, 0.3) is 10.1 Å². The second-order valence-corrected chi connectivity index (χ2v) is 4.44. The summed E-state index contributed by atoms with van der Waals surface area (Å²) < 4.78 is 1.91. The van der Waals surface area contributed by atoms with Crippen LogP contribution in [0.4, 0.5) is 5.69 Å². The van der Waals surface area contributed by atoms with Crippen molar-refractivity contribution < 1.29 is 4.79 Å². The molecule has 2 nitrogen and oxygen atoms in total. The number of thiophene rings is 1. The molecular weight excluding hydrogens is 250 g/mol. The zero-order valence-corrected chi connectivity index (χ0v) is 8.98. The van der Waals surface area contributed by atoms with Crippen LogP contribution in [0.2, 0.25) is 0 Å². The molecule has 0 saturated heterocycles. The van der Waals surface area contributed by atoms with Gasteiger partial charge in [0.2, 0.25) is 0 Å². The molecule has 0 bridgehead atoms. The van der Waals surface area contributed by atoms with E-state index in [1.165, 1.54) is 0 Å². The van der Waals surface area contributed by atoms with Crippen LogP contribution in [0.3, 0.4) is 0 Å². The quantitative estimate of drug-likeness (QED) is 0.797. The second-order valence-electron chi connectivity index (χ2n) is 2.68. The first-order valence-corrected chi connectivity index (χ1v) is 5.31. The Morgan fingerprint density at radius 2 is 2.23 bits per heavy atom. The zero-order chi connectivity index (χ0) is 9.42. The van der Waals surface area contributed by atoms with Gasteiger partial charge in [-0.3, -0.25) is 4.79 Å². The van der Waals surface area contributed by atoms with Crippen molar-refractivity contribution in [3.8, 4) is 0 Å². The highest BCUT2D eigenvalue weighted by molar-refractivity contribution is 9.10. The number of carbonyl (C=O) groups is 1. The van der Waals surface area contributed by atoms with E-state index < -0.39 is 0 Å². The molecule has 2 N–H and O–H groups in total. The van der Waals surface area contributed by atoms with Crippen molar-refractivity contribution >= 4 is 49.3 Å². The van der Waals surface area contributed by atoms with E-state index in [4.69, 9.17) is 5.73 Å². The van der Waals surface area contributed by atoms with Gasteiger partial charge in [0.05, 0.1) is 5.69 Å². The van der Waals surface area contributed by atoms with Crippen LogP contribution in [0.5, 0.6) is 0 Å². The van der Waals surface area contributed by atoms with Crippen LogP contribution >= 0.6 is 27.3 Å². The largest absolute Gasteiger partial charge is 0.398 e. The molecule has 0 aliphatic carbocycles. The molecule has 0 atom stereocenters. The lowest BCUT2D eigenvalue weighted by atomic mass is 10.2. The van der Waals surface area contributed by atoms with Crippen LogP contribution in [0, 0.1) is 0 Å². The van der Waals surface area contributed by atoms with Crippen molar-refractivity contribution in [3.05, 3.63) is 27.5 Å². The predicted molar refractivity (Wildman–Crippen MR) is 59.3 cm³/mol. The fraction of sp³-hybridized carbons (Fsp3) is 0. The van der Waals surface area contributed by atoms with E-state index in [2.05, 4.69) is 15.9 Å². The van der Waals surface area contributed by atoms with E-state index in [0.717, 1.165) is 26.5 Å². The average Bonchev–Trinajstić information content (AvgIpc) is 2.46. The molecule has 0 saturated carbocycles. The first kappa shape index (κ1) is 8.72. The Labute approximate surface area is 87.5 Å². The van der Waals surface area contributed by atoms with Gasteiger partial charge >= 0.3 is 0 Å². The van der Waals surface area contributed by atoms with Gasteiger partial charge in [0, 0.05) is 25.5 Å². The maximum Gasteiger partial charge on any atom is 0.151 e. The summed E-state index contributed by atoms with van der Waals surface area (Å²) in [7, 11) is 0. The van der Waals surface area contributed by atoms with Crippen LogP contribution in [0.15, 0.2) is 22.0 Å². The molecule has 0 aliphatic heterocycles. The molecule has 0 radical (unpaired) electrons. The molecule has 1 aromatic carbocycles. The smallest absolute Gasteiger partial charge is 0.151 e. The molecule has 0 unspecified atom stereocenters. The summed E-state index contributed by atoms with van der Waals surface area (Å²) in [4.78, 5) is 10.6. The lowest BCUT2D eigenvalue weighted by Gasteiger charge is -1.97. The number of hydrogen-bond acceptors (Lipinski definition) is 3. The number of fused-ring (bicyclic) bond motifs is 1. The van der Waals surface area contributed by atoms with E-state index in [1.807, 2.05) is 11.4 Å². The van der Waals surface area contributed by atoms with Gasteiger partial charge in [0.25, 0.3) is 0 Å². The third kappa shape index (κ3) is 1.36. The van der Waals surface area contributed by atoms with Gasteiger partial charge in [-0.25, -0.2) is 0 Å². The van der Waals surface area contributed by atoms with Gasteiger partial charge in [-0.15, -0.1) is 11.3 Å². The number of nitrogens with two attached hydrogens (primary N) is 1. The third-order valence-electron chi connectivity index (χ3n) is 1.85. The number of benzene rings is 1. The normalized spacial score (nSPS) is 10.5. The van der Waals surface area contributed by atoms with E-state index in [9.17, 15) is 4.79 Å². The van der Waals surface area contributed by atoms with Gasteiger partial charge in [0.15, 0.2) is 6.29 Å². The number of nitrogen functional groups attached to an aromatic ring is 1. The molecule has 0 fully saturated rings. The van der Waals surface area contributed by atoms with Crippen molar-refractivity contribution in [2.45, 2.75) is 0 Å². The first-order valence-electron chi connectivity index (χ1n) is 3.64. The Bertz CT molecular complexity index is 478. The number of carbonyl (C=O) groups excluding carboxylic acids is 1. The zero-order valence-electron chi connectivity index (χ0n) is 6.58. The Kier molecular flexibility index (Phi) is 2.09. The molecule has 1 aromatic heterocycles. The monoisotopic (exact) mass is 255 g/mol. The lowest BCUT2D eigenvalue weighted by Crippen LogP contribution is -1.84. The summed E-state index contributed by atoms with van der Waals surface area (Å²) in [6, 6.07) is 3.72. The van der Waals surface area contributed by atoms with E-state index in [0.29, 0.717) is 5.56 Å². The number of anilines is 1. The fourth-order valence-electron chi connectivity index (χ4n) is 1.18. The van der Waals surface area contributed by atoms with Gasteiger partial charge in [-0.2, -0.15) is 0 Å². The summed E-state index contributed by atoms with van der Waals surface area (Å²) in [5.74, 6) is 0. The summed E-state index contributed by atoms with van der Waals surface area (Å²) >= 11 is 4.90. The molecule has 4 heteroatoms. The SMILES string of the molecule is Nc1csc2cc(Br)c(C=O)cc12. The number of hydrogen-bond donors (Lipinski definition) is 1. The van der Waals surface area contributed by atoms with Crippen molar-refractivity contribution in [1.82, 2.24) is 0 Å². The molecule has 1 heterocycles. The van der Waals surface area contributed by atoms with E-state index >= 15 is 0 Å². The van der Waals surface area contributed by atoms with Gasteiger partial charge < -0.3 is 5.73 Å². The first-order chi connectivity index (χ1) is 6.22. The Hall–Kier alpha value is -0.870. The Morgan fingerprint density at radius 1 is 1.46 bits per heavy atom. The standard InChI is InChI=1S/C9H6BrNOS/c10-7-2-9-6(1-5(7)3-12)8(11)4-13-9/h1-4H,11H2. The van der Waals surface area contributed by atoms with Crippen LogP contribution < -0.4 is 5.73 Å². The van der Waals surface area contributed by atoms with Crippen molar-refractivity contribution in [2.75, 3.05) is 5.73 Å². The van der Waals surface area contributed by atoms with E-state index in [1.54, 1.807) is 17.4 Å². The van der Waals surface area contributed by atoms with Crippen molar-refractivity contribution in [2.24, 2.45) is 0 Å². The average molecular weight is 256 g/mol. The Morgan fingerprint density at radius 3 is 2.92 bits per heavy atom. The van der Waals surface area contributed by atoms with Gasteiger partial charge in [-0.1, -0.05) is 15.9 Å². The fourth-order valence-corrected chi connectivity index (χ4v) is 2.63. The van der Waals surface area contributed by atoms with Crippen molar-refractivity contribution in [1.29, 1.82) is 0 Å². The van der Waals surface area contributed by atoms with Crippen LogP contribution in [-0.2, 0) is 0 Å². The third-order valence-corrected chi connectivity index (χ3v) is 3.50. The molecule has 66 valence electrons. The highest BCUT2D eigenvalue weighted by atomic mass is 79.9. The van der Waals surface area contributed by atoms with Gasteiger partial charge in [0.1, 0.15) is 0 Å². The molecule has 2 rings (SSSR count). The van der Waals surface area contributed by atoms with Crippen LogP contribution in [-0.4, -0.2) is 6.29 Å². The number of halogens is 1. The highest BCUT2D eigenvalue weighted by Crippen LogP contribution is 2.32. The maximum absolute atomic E-state index is 10.6. The number of rotatable bonds is 1. The topological polar surface area (TPSA) is 43.1 Å². The lowest BCUT2D eigenvalue weighted by molar-refractivity contribution is 0.112. The second kappa shape index (κ2) is 3.12. The Balaban J connectivity index is 2.84. The molecule has 0 amide bonds. The van der Waals surface area contributed by atoms with E-state index in [-0.39, 0.29) is 0 Å².